The number of rotatable bonds is 1. The molecule has 1 fully saturated rings. The van der Waals surface area contributed by atoms with E-state index >= 15 is 0 Å². The molecule has 0 bridgehead atoms. The molecule has 132 valence electrons. The van der Waals surface area contributed by atoms with Crippen molar-refractivity contribution >= 4 is 11.9 Å². The Bertz CT molecular complexity index is 574. The average Bonchev–Trinajstić information content (AvgIpc) is 2.50. The monoisotopic (exact) mass is 331 g/mol. The van der Waals surface area contributed by atoms with Gasteiger partial charge in [-0.25, -0.2) is 9.79 Å². The van der Waals surface area contributed by atoms with E-state index in [1.807, 2.05) is 33.0 Å². The predicted octanol–water partition coefficient (Wildman–Crippen LogP) is 3.75. The molecule has 0 saturated carbocycles. The predicted molar refractivity (Wildman–Crippen MR) is 98.1 cm³/mol. The molecule has 0 radical (unpaired) electrons. The van der Waals surface area contributed by atoms with Gasteiger partial charge in [-0.1, -0.05) is 24.3 Å². The van der Waals surface area contributed by atoms with Crippen LogP contribution in [0.1, 0.15) is 40.5 Å². The third-order valence-electron chi connectivity index (χ3n) is 4.12. The summed E-state index contributed by atoms with van der Waals surface area (Å²) in [5, 5.41) is 0. The molecule has 24 heavy (non-hydrogen) atoms. The van der Waals surface area contributed by atoms with E-state index in [9.17, 15) is 4.79 Å². The van der Waals surface area contributed by atoms with Gasteiger partial charge in [-0.05, 0) is 40.5 Å². The molecule has 0 unspecified atom stereocenters. The van der Waals surface area contributed by atoms with Crippen LogP contribution in [0.15, 0.2) is 41.1 Å². The molecule has 0 aromatic carbocycles. The van der Waals surface area contributed by atoms with Crippen LogP contribution in [0.5, 0.6) is 0 Å². The molecule has 0 atom stereocenters. The Hall–Kier alpha value is -2.04. The number of nitrogens with zero attached hydrogens (tertiary/aromatic N) is 3. The third kappa shape index (κ3) is 4.73. The molecule has 2 rings (SSSR count). The lowest BCUT2D eigenvalue weighted by Gasteiger charge is -2.37. The summed E-state index contributed by atoms with van der Waals surface area (Å²) in [6.45, 7) is 14.5. The summed E-state index contributed by atoms with van der Waals surface area (Å²) < 4.78 is 5.46. The summed E-state index contributed by atoms with van der Waals surface area (Å²) in [6, 6.07) is 0. The van der Waals surface area contributed by atoms with Crippen LogP contribution in [0.25, 0.3) is 0 Å². The Balaban J connectivity index is 2.06. The van der Waals surface area contributed by atoms with Crippen LogP contribution >= 0.6 is 0 Å². The van der Waals surface area contributed by atoms with Gasteiger partial charge >= 0.3 is 6.09 Å². The number of carbonyl (C=O) groups excluding carboxylic acids is 1. The van der Waals surface area contributed by atoms with Crippen LogP contribution in [0.2, 0.25) is 0 Å². The summed E-state index contributed by atoms with van der Waals surface area (Å²) in [7, 11) is 0. The summed E-state index contributed by atoms with van der Waals surface area (Å²) >= 11 is 0. The second-order valence-corrected chi connectivity index (χ2v) is 7.23. The first-order valence-corrected chi connectivity index (χ1v) is 8.60. The minimum atomic E-state index is -0.460. The SMILES string of the molecule is C=CC1=C(/C)CC/C=C/N=C\1N1CCN(C(=O)OC(C)(C)C)CC1. The van der Waals surface area contributed by atoms with Gasteiger partial charge in [0.15, 0.2) is 0 Å². The molecule has 5 nitrogen and oxygen atoms in total. The van der Waals surface area contributed by atoms with Crippen molar-refractivity contribution in [3.8, 4) is 0 Å². The van der Waals surface area contributed by atoms with Crippen LogP contribution < -0.4 is 0 Å². The van der Waals surface area contributed by atoms with Crippen LogP contribution in [-0.4, -0.2) is 53.5 Å². The largest absolute Gasteiger partial charge is 0.444 e. The van der Waals surface area contributed by atoms with Gasteiger partial charge in [0.2, 0.25) is 0 Å². The van der Waals surface area contributed by atoms with Gasteiger partial charge in [-0.2, -0.15) is 0 Å². The second kappa shape index (κ2) is 7.69. The maximum Gasteiger partial charge on any atom is 0.410 e. The van der Waals surface area contributed by atoms with E-state index in [0.29, 0.717) is 13.1 Å². The van der Waals surface area contributed by atoms with Gasteiger partial charge < -0.3 is 14.5 Å². The first-order chi connectivity index (χ1) is 11.3. The minimum absolute atomic E-state index is 0.239. The topological polar surface area (TPSA) is 45.1 Å². The number of hydrogen-bond donors (Lipinski definition) is 0. The van der Waals surface area contributed by atoms with Crippen molar-refractivity contribution in [2.24, 2.45) is 4.99 Å². The fourth-order valence-electron chi connectivity index (χ4n) is 2.84. The van der Waals surface area contributed by atoms with E-state index < -0.39 is 5.60 Å². The standard InChI is InChI=1S/C19H29N3O2/c1-6-16-15(2)9-7-8-10-20-17(16)21-11-13-22(14-12-21)18(23)24-19(3,4)5/h6,8,10H,1,7,9,11-14H2,2-5H3/b10-8+,16-15+,20-17+. The molecule has 1 saturated heterocycles. The molecule has 0 N–H and O–H groups in total. The fraction of sp³-hybridized carbons (Fsp3) is 0.579. The van der Waals surface area contributed by atoms with Crippen LogP contribution in [0.4, 0.5) is 4.79 Å². The smallest absolute Gasteiger partial charge is 0.410 e. The lowest BCUT2D eigenvalue weighted by Crippen LogP contribution is -2.52. The molecule has 2 heterocycles. The number of piperazine rings is 1. The van der Waals surface area contributed by atoms with Crippen molar-refractivity contribution in [3.63, 3.8) is 0 Å². The molecule has 0 aliphatic carbocycles. The highest BCUT2D eigenvalue weighted by Crippen LogP contribution is 2.20. The molecule has 5 heteroatoms. The Labute approximate surface area is 145 Å². The van der Waals surface area contributed by atoms with E-state index in [-0.39, 0.29) is 6.09 Å². The maximum absolute atomic E-state index is 12.2. The lowest BCUT2D eigenvalue weighted by atomic mass is 10.0. The Morgan fingerprint density at radius 1 is 1.29 bits per heavy atom. The summed E-state index contributed by atoms with van der Waals surface area (Å²) in [4.78, 5) is 20.8. The highest BCUT2D eigenvalue weighted by Gasteiger charge is 2.27. The highest BCUT2D eigenvalue weighted by molar-refractivity contribution is 6.01. The van der Waals surface area contributed by atoms with Crippen LogP contribution in [0, 0.1) is 0 Å². The Morgan fingerprint density at radius 2 is 1.96 bits per heavy atom. The van der Waals surface area contributed by atoms with Gasteiger partial charge in [-0.3, -0.25) is 0 Å². The Kier molecular flexibility index (Phi) is 5.86. The number of amides is 1. The number of carbonyl (C=O) groups is 1. The molecular formula is C19H29N3O2. The minimum Gasteiger partial charge on any atom is -0.444 e. The van der Waals surface area contributed by atoms with E-state index in [2.05, 4.69) is 29.5 Å². The summed E-state index contributed by atoms with van der Waals surface area (Å²) in [5.74, 6) is 0.960. The zero-order valence-corrected chi connectivity index (χ0v) is 15.3. The highest BCUT2D eigenvalue weighted by atomic mass is 16.6. The number of ether oxygens (including phenoxy) is 1. The van der Waals surface area contributed by atoms with Crippen molar-refractivity contribution in [1.82, 2.24) is 9.80 Å². The van der Waals surface area contributed by atoms with E-state index in [4.69, 9.17) is 4.74 Å². The van der Waals surface area contributed by atoms with Crippen molar-refractivity contribution in [2.75, 3.05) is 26.2 Å². The fourth-order valence-corrected chi connectivity index (χ4v) is 2.84. The van der Waals surface area contributed by atoms with Gasteiger partial charge in [0.05, 0.1) is 0 Å². The van der Waals surface area contributed by atoms with Crippen molar-refractivity contribution < 1.29 is 9.53 Å². The number of aliphatic imine (C=N–C) groups is 1. The molecule has 2 aliphatic heterocycles. The number of hydrogen-bond acceptors (Lipinski definition) is 4. The van der Waals surface area contributed by atoms with Crippen molar-refractivity contribution in [2.45, 2.75) is 46.1 Å². The van der Waals surface area contributed by atoms with Crippen molar-refractivity contribution in [3.05, 3.63) is 36.1 Å². The molecular weight excluding hydrogens is 302 g/mol. The molecule has 1 amide bonds. The zero-order chi connectivity index (χ0) is 17.7. The van der Waals surface area contributed by atoms with Crippen LogP contribution in [0.3, 0.4) is 0 Å². The lowest BCUT2D eigenvalue weighted by molar-refractivity contribution is 0.0187. The van der Waals surface area contributed by atoms with Gasteiger partial charge in [0.1, 0.15) is 11.4 Å². The zero-order valence-electron chi connectivity index (χ0n) is 15.3. The summed E-state index contributed by atoms with van der Waals surface area (Å²) in [6.07, 6.45) is 7.66. The molecule has 0 aromatic rings. The van der Waals surface area contributed by atoms with Gasteiger partial charge in [0.25, 0.3) is 0 Å². The van der Waals surface area contributed by atoms with Gasteiger partial charge in [0, 0.05) is 38.0 Å². The second-order valence-electron chi connectivity index (χ2n) is 7.23. The quantitative estimate of drug-likeness (QED) is 0.735. The van der Waals surface area contributed by atoms with E-state index in [1.165, 1.54) is 5.57 Å². The van der Waals surface area contributed by atoms with Crippen molar-refractivity contribution in [1.29, 1.82) is 0 Å². The molecule has 0 spiro atoms. The van der Waals surface area contributed by atoms with Gasteiger partial charge in [-0.15, -0.1) is 0 Å². The normalized spacial score (nSPS) is 26.1. The maximum atomic E-state index is 12.2. The Morgan fingerprint density at radius 3 is 2.54 bits per heavy atom. The van der Waals surface area contributed by atoms with E-state index in [1.54, 1.807) is 4.90 Å². The average molecular weight is 331 g/mol. The third-order valence-corrected chi connectivity index (χ3v) is 4.12. The molecule has 2 aliphatic rings. The number of amidine groups is 1. The molecule has 0 aromatic heterocycles. The first kappa shape index (κ1) is 18.3. The van der Waals surface area contributed by atoms with E-state index in [0.717, 1.165) is 37.3 Å². The van der Waals surface area contributed by atoms with Crippen LogP contribution in [-0.2, 0) is 4.74 Å². The number of allylic oxidation sites excluding steroid dienone is 2. The first-order valence-electron chi connectivity index (χ1n) is 8.60. The summed E-state index contributed by atoms with van der Waals surface area (Å²) in [5.41, 5.74) is 1.96.